The van der Waals surface area contributed by atoms with Crippen LogP contribution in [-0.4, -0.2) is 22.3 Å². The molecule has 4 rings (SSSR count). The summed E-state index contributed by atoms with van der Waals surface area (Å²) in [4.78, 5) is 20.0. The Morgan fingerprint density at radius 2 is 1.96 bits per heavy atom. The number of hydrogen-bond donors (Lipinski definition) is 2. The minimum Gasteiger partial charge on any atom is -0.356 e. The van der Waals surface area contributed by atoms with Crippen molar-refractivity contribution in [2.75, 3.05) is 6.54 Å². The molecule has 4 nitrogen and oxygen atoms in total. The Morgan fingerprint density at radius 1 is 1.12 bits per heavy atom. The van der Waals surface area contributed by atoms with Gasteiger partial charge in [0, 0.05) is 42.2 Å². The van der Waals surface area contributed by atoms with E-state index in [0.717, 1.165) is 33.6 Å². The van der Waals surface area contributed by atoms with Crippen LogP contribution in [-0.2, 0) is 13.0 Å². The lowest BCUT2D eigenvalue weighted by Gasteiger charge is -2.13. The molecule has 5 heteroatoms. The quantitative estimate of drug-likeness (QED) is 0.767. The van der Waals surface area contributed by atoms with Gasteiger partial charge in [-0.05, 0) is 17.2 Å². The molecule has 0 fully saturated rings. The molecule has 2 aromatic heterocycles. The standard InChI is InChI=1S/C19H16ClN3O/c20-15-9-21-7-6-13(15)19-14(8-12-4-2-1-3-5-12)18-16(23-19)10-22-11-17(18)24/h1-7,9,22-23H,8,10-11H2. The summed E-state index contributed by atoms with van der Waals surface area (Å²) in [6.45, 7) is 1.03. The highest BCUT2D eigenvalue weighted by Gasteiger charge is 2.27. The maximum atomic E-state index is 12.5. The van der Waals surface area contributed by atoms with Gasteiger partial charge >= 0.3 is 0 Å². The molecule has 3 aromatic rings. The number of benzene rings is 1. The maximum absolute atomic E-state index is 12.5. The number of nitrogens with one attached hydrogen (secondary N) is 2. The van der Waals surface area contributed by atoms with Crippen molar-refractivity contribution < 1.29 is 4.79 Å². The van der Waals surface area contributed by atoms with E-state index in [2.05, 4.69) is 27.4 Å². The van der Waals surface area contributed by atoms with Crippen molar-refractivity contribution in [3.63, 3.8) is 0 Å². The minimum absolute atomic E-state index is 0.120. The van der Waals surface area contributed by atoms with Gasteiger partial charge in [0.15, 0.2) is 5.78 Å². The average Bonchev–Trinajstić information content (AvgIpc) is 2.96. The van der Waals surface area contributed by atoms with Crippen molar-refractivity contribution in [2.45, 2.75) is 13.0 Å². The number of halogens is 1. The second-order valence-corrected chi connectivity index (χ2v) is 6.28. The lowest BCUT2D eigenvalue weighted by molar-refractivity contribution is 0.0981. The fraction of sp³-hybridized carbons (Fsp3) is 0.158. The number of fused-ring (bicyclic) bond motifs is 1. The van der Waals surface area contributed by atoms with Gasteiger partial charge in [-0.3, -0.25) is 9.78 Å². The predicted molar refractivity (Wildman–Crippen MR) is 94.3 cm³/mol. The van der Waals surface area contributed by atoms with Crippen LogP contribution in [0.3, 0.4) is 0 Å². The van der Waals surface area contributed by atoms with Gasteiger partial charge in [0.2, 0.25) is 0 Å². The molecule has 0 aliphatic carbocycles. The molecule has 0 bridgehead atoms. The van der Waals surface area contributed by atoms with Crippen LogP contribution >= 0.6 is 11.6 Å². The smallest absolute Gasteiger partial charge is 0.178 e. The van der Waals surface area contributed by atoms with Crippen LogP contribution in [0.5, 0.6) is 0 Å². The third-order valence-corrected chi connectivity index (χ3v) is 4.61. The van der Waals surface area contributed by atoms with Gasteiger partial charge in [-0.2, -0.15) is 0 Å². The molecule has 0 radical (unpaired) electrons. The molecule has 1 aliphatic heterocycles. The van der Waals surface area contributed by atoms with E-state index in [-0.39, 0.29) is 5.78 Å². The van der Waals surface area contributed by atoms with Crippen LogP contribution in [0.1, 0.15) is 27.2 Å². The van der Waals surface area contributed by atoms with E-state index in [1.165, 1.54) is 0 Å². The second kappa shape index (κ2) is 6.23. The Morgan fingerprint density at radius 3 is 2.75 bits per heavy atom. The van der Waals surface area contributed by atoms with Crippen LogP contribution < -0.4 is 5.32 Å². The summed E-state index contributed by atoms with van der Waals surface area (Å²) in [6, 6.07) is 12.0. The first-order chi connectivity index (χ1) is 11.7. The summed E-state index contributed by atoms with van der Waals surface area (Å²) < 4.78 is 0. The summed E-state index contributed by atoms with van der Waals surface area (Å²) in [6.07, 6.45) is 4.03. The second-order valence-electron chi connectivity index (χ2n) is 5.88. The van der Waals surface area contributed by atoms with E-state index in [1.807, 2.05) is 24.3 Å². The lowest BCUT2D eigenvalue weighted by atomic mass is 9.94. The van der Waals surface area contributed by atoms with Crippen LogP contribution in [0.15, 0.2) is 48.8 Å². The number of H-pyrrole nitrogens is 1. The van der Waals surface area contributed by atoms with Crippen LogP contribution in [0.2, 0.25) is 5.02 Å². The average molecular weight is 338 g/mol. The topological polar surface area (TPSA) is 57.8 Å². The summed E-state index contributed by atoms with van der Waals surface area (Å²) in [5, 5.41) is 3.71. The molecule has 0 saturated carbocycles. The zero-order chi connectivity index (χ0) is 16.5. The molecule has 120 valence electrons. The molecule has 2 N–H and O–H groups in total. The number of rotatable bonds is 3. The number of carbonyl (C=O) groups is 1. The van der Waals surface area contributed by atoms with Gasteiger partial charge in [-0.25, -0.2) is 0 Å². The number of aromatic amines is 1. The molecule has 1 aliphatic rings. The van der Waals surface area contributed by atoms with Crippen molar-refractivity contribution in [2.24, 2.45) is 0 Å². The molecule has 24 heavy (non-hydrogen) atoms. The number of aromatic nitrogens is 2. The number of carbonyl (C=O) groups excluding carboxylic acids is 1. The lowest BCUT2D eigenvalue weighted by Crippen LogP contribution is -2.29. The van der Waals surface area contributed by atoms with Crippen molar-refractivity contribution in [3.8, 4) is 11.3 Å². The summed E-state index contributed by atoms with van der Waals surface area (Å²) in [7, 11) is 0. The molecule has 0 atom stereocenters. The third kappa shape index (κ3) is 2.64. The highest BCUT2D eigenvalue weighted by atomic mass is 35.5. The molecular formula is C19H16ClN3O. The maximum Gasteiger partial charge on any atom is 0.178 e. The van der Waals surface area contributed by atoms with Gasteiger partial charge in [0.1, 0.15) is 0 Å². The van der Waals surface area contributed by atoms with E-state index in [0.29, 0.717) is 24.5 Å². The Hall–Kier alpha value is -2.43. The first kappa shape index (κ1) is 15.1. The van der Waals surface area contributed by atoms with Crippen molar-refractivity contribution in [1.29, 1.82) is 0 Å². The zero-order valence-corrected chi connectivity index (χ0v) is 13.7. The monoisotopic (exact) mass is 337 g/mol. The number of nitrogens with zero attached hydrogens (tertiary/aromatic N) is 1. The first-order valence-electron chi connectivity index (χ1n) is 7.85. The van der Waals surface area contributed by atoms with E-state index in [4.69, 9.17) is 11.6 Å². The fourth-order valence-electron chi connectivity index (χ4n) is 3.24. The van der Waals surface area contributed by atoms with E-state index in [1.54, 1.807) is 12.4 Å². The predicted octanol–water partition coefficient (Wildman–Crippen LogP) is 3.61. The molecule has 0 saturated heterocycles. The van der Waals surface area contributed by atoms with Gasteiger partial charge in [-0.15, -0.1) is 0 Å². The van der Waals surface area contributed by atoms with Crippen LogP contribution in [0.4, 0.5) is 0 Å². The highest BCUT2D eigenvalue weighted by molar-refractivity contribution is 6.33. The number of pyridine rings is 1. The van der Waals surface area contributed by atoms with E-state index < -0.39 is 0 Å². The highest BCUT2D eigenvalue weighted by Crippen LogP contribution is 2.35. The van der Waals surface area contributed by atoms with Crippen molar-refractivity contribution in [1.82, 2.24) is 15.3 Å². The Bertz CT molecular complexity index is 902. The molecule has 0 amide bonds. The number of hydrogen-bond acceptors (Lipinski definition) is 3. The summed E-state index contributed by atoms with van der Waals surface area (Å²) in [5.41, 5.74) is 5.70. The van der Waals surface area contributed by atoms with Crippen LogP contribution in [0.25, 0.3) is 11.3 Å². The number of ketones is 1. The van der Waals surface area contributed by atoms with Crippen molar-refractivity contribution >= 4 is 17.4 Å². The van der Waals surface area contributed by atoms with Crippen molar-refractivity contribution in [3.05, 3.63) is 76.2 Å². The van der Waals surface area contributed by atoms with Gasteiger partial charge in [0.25, 0.3) is 0 Å². The van der Waals surface area contributed by atoms with Gasteiger partial charge in [0.05, 0.1) is 17.3 Å². The number of Topliss-reactive ketones (excluding diaryl/α,β-unsaturated/α-hetero) is 1. The molecule has 3 heterocycles. The zero-order valence-electron chi connectivity index (χ0n) is 13.0. The molecular weight excluding hydrogens is 322 g/mol. The summed E-state index contributed by atoms with van der Waals surface area (Å²) in [5.74, 6) is 0.120. The van der Waals surface area contributed by atoms with E-state index in [9.17, 15) is 4.79 Å². The minimum atomic E-state index is 0.120. The SMILES string of the molecule is O=C1CNCc2[nH]c(-c3ccncc3Cl)c(Cc3ccccc3)c21. The Kier molecular flexibility index (Phi) is 3.92. The third-order valence-electron chi connectivity index (χ3n) is 4.31. The van der Waals surface area contributed by atoms with E-state index >= 15 is 0 Å². The normalized spacial score (nSPS) is 13.8. The Labute approximate surface area is 144 Å². The van der Waals surface area contributed by atoms with Crippen LogP contribution in [0, 0.1) is 0 Å². The van der Waals surface area contributed by atoms with Gasteiger partial charge < -0.3 is 10.3 Å². The molecule has 0 spiro atoms. The fourth-order valence-corrected chi connectivity index (χ4v) is 3.45. The molecule has 0 unspecified atom stereocenters. The van der Waals surface area contributed by atoms with Gasteiger partial charge in [-0.1, -0.05) is 41.9 Å². The Balaban J connectivity index is 1.90. The molecule has 1 aromatic carbocycles. The largest absolute Gasteiger partial charge is 0.356 e. The first-order valence-corrected chi connectivity index (χ1v) is 8.23. The summed E-state index contributed by atoms with van der Waals surface area (Å²) >= 11 is 6.35.